The number of hydrogen-bond donors (Lipinski definition) is 1. The molecule has 18 heavy (non-hydrogen) atoms. The second kappa shape index (κ2) is 5.04. The molecule has 0 unspecified atom stereocenters. The lowest BCUT2D eigenvalue weighted by molar-refractivity contribution is -0.123. The zero-order valence-corrected chi connectivity index (χ0v) is 10.9. The van der Waals surface area contributed by atoms with Gasteiger partial charge >= 0.3 is 0 Å². The van der Waals surface area contributed by atoms with Crippen molar-refractivity contribution in [1.29, 1.82) is 0 Å². The molecule has 0 aliphatic carbocycles. The van der Waals surface area contributed by atoms with Crippen molar-refractivity contribution in [3.63, 3.8) is 0 Å². The zero-order chi connectivity index (χ0) is 13.2. The quantitative estimate of drug-likeness (QED) is 0.873. The van der Waals surface area contributed by atoms with Crippen molar-refractivity contribution in [3.8, 4) is 0 Å². The molecule has 0 bridgehead atoms. The third-order valence-electron chi connectivity index (χ3n) is 2.66. The van der Waals surface area contributed by atoms with E-state index < -0.39 is 11.7 Å². The SMILES string of the molecule is CC(C)(C)C(=O)Nc1cnccc1C1OCCO1. The van der Waals surface area contributed by atoms with Gasteiger partial charge < -0.3 is 14.8 Å². The molecule has 2 rings (SSSR count). The maximum Gasteiger partial charge on any atom is 0.229 e. The van der Waals surface area contributed by atoms with Gasteiger partial charge in [0.25, 0.3) is 0 Å². The van der Waals surface area contributed by atoms with Crippen LogP contribution in [-0.2, 0) is 14.3 Å². The number of nitrogens with zero attached hydrogens (tertiary/aromatic N) is 1. The van der Waals surface area contributed by atoms with Crippen molar-refractivity contribution in [3.05, 3.63) is 24.0 Å². The number of ether oxygens (including phenoxy) is 2. The highest BCUT2D eigenvalue weighted by Gasteiger charge is 2.25. The Morgan fingerprint density at radius 2 is 2.06 bits per heavy atom. The number of nitrogens with one attached hydrogen (secondary N) is 1. The van der Waals surface area contributed by atoms with Crippen LogP contribution >= 0.6 is 0 Å². The van der Waals surface area contributed by atoms with Crippen molar-refractivity contribution in [1.82, 2.24) is 4.98 Å². The van der Waals surface area contributed by atoms with E-state index in [0.29, 0.717) is 18.9 Å². The van der Waals surface area contributed by atoms with Crippen LogP contribution in [-0.4, -0.2) is 24.1 Å². The summed E-state index contributed by atoms with van der Waals surface area (Å²) >= 11 is 0. The predicted molar refractivity (Wildman–Crippen MR) is 67.0 cm³/mol. The largest absolute Gasteiger partial charge is 0.346 e. The Kier molecular flexibility index (Phi) is 3.63. The van der Waals surface area contributed by atoms with Gasteiger partial charge in [-0.15, -0.1) is 0 Å². The van der Waals surface area contributed by atoms with E-state index in [0.717, 1.165) is 5.56 Å². The van der Waals surface area contributed by atoms with Crippen LogP contribution in [0.25, 0.3) is 0 Å². The van der Waals surface area contributed by atoms with Gasteiger partial charge in [0.05, 0.1) is 25.1 Å². The van der Waals surface area contributed by atoms with Gasteiger partial charge in [0, 0.05) is 17.2 Å². The van der Waals surface area contributed by atoms with Crippen molar-refractivity contribution in [2.45, 2.75) is 27.1 Å². The molecule has 1 amide bonds. The van der Waals surface area contributed by atoms with E-state index in [1.54, 1.807) is 18.5 Å². The minimum atomic E-state index is -0.454. The first kappa shape index (κ1) is 13.0. The van der Waals surface area contributed by atoms with E-state index in [9.17, 15) is 4.79 Å². The minimum absolute atomic E-state index is 0.0604. The molecule has 1 fully saturated rings. The van der Waals surface area contributed by atoms with E-state index in [2.05, 4.69) is 10.3 Å². The fourth-order valence-electron chi connectivity index (χ4n) is 1.56. The first-order chi connectivity index (χ1) is 8.48. The highest BCUT2D eigenvalue weighted by molar-refractivity contribution is 5.95. The van der Waals surface area contributed by atoms with Crippen LogP contribution in [0.15, 0.2) is 18.5 Å². The van der Waals surface area contributed by atoms with Crippen molar-refractivity contribution in [2.24, 2.45) is 5.41 Å². The van der Waals surface area contributed by atoms with Crippen molar-refractivity contribution in [2.75, 3.05) is 18.5 Å². The zero-order valence-electron chi connectivity index (χ0n) is 10.9. The van der Waals surface area contributed by atoms with E-state index >= 15 is 0 Å². The molecule has 0 radical (unpaired) electrons. The molecule has 1 aliphatic heterocycles. The number of pyridine rings is 1. The van der Waals surface area contributed by atoms with Gasteiger partial charge in [-0.2, -0.15) is 0 Å². The van der Waals surface area contributed by atoms with Gasteiger partial charge in [0.1, 0.15) is 0 Å². The van der Waals surface area contributed by atoms with Crippen LogP contribution in [0, 0.1) is 5.41 Å². The number of aromatic nitrogens is 1. The summed E-state index contributed by atoms with van der Waals surface area (Å²) in [5.41, 5.74) is 0.995. The molecular weight excluding hydrogens is 232 g/mol. The average molecular weight is 250 g/mol. The Bertz CT molecular complexity index is 434. The number of carbonyl (C=O) groups is 1. The Hall–Kier alpha value is -1.46. The molecule has 0 saturated carbocycles. The van der Waals surface area contributed by atoms with Crippen LogP contribution in [0.3, 0.4) is 0 Å². The lowest BCUT2D eigenvalue weighted by Crippen LogP contribution is -2.28. The van der Waals surface area contributed by atoms with Gasteiger partial charge in [-0.1, -0.05) is 20.8 Å². The lowest BCUT2D eigenvalue weighted by atomic mass is 9.95. The van der Waals surface area contributed by atoms with E-state index in [1.807, 2.05) is 20.8 Å². The van der Waals surface area contributed by atoms with Gasteiger partial charge in [0.2, 0.25) is 5.91 Å². The maximum atomic E-state index is 12.0. The lowest BCUT2D eigenvalue weighted by Gasteiger charge is -2.20. The highest BCUT2D eigenvalue weighted by Crippen LogP contribution is 2.29. The van der Waals surface area contributed by atoms with Gasteiger partial charge in [-0.3, -0.25) is 9.78 Å². The Balaban J connectivity index is 2.20. The molecule has 0 aromatic carbocycles. The molecule has 1 saturated heterocycles. The van der Waals surface area contributed by atoms with Crippen LogP contribution in [0.2, 0.25) is 0 Å². The second-order valence-electron chi connectivity index (χ2n) is 5.24. The van der Waals surface area contributed by atoms with E-state index in [1.165, 1.54) is 0 Å². The standard InChI is InChI=1S/C13H18N2O3/c1-13(2,3)12(16)15-10-8-14-5-4-9(10)11-17-6-7-18-11/h4-5,8,11H,6-7H2,1-3H3,(H,15,16). The molecule has 1 aliphatic rings. The summed E-state index contributed by atoms with van der Waals surface area (Å²) in [6.45, 7) is 6.72. The molecule has 1 aromatic heterocycles. The van der Waals surface area contributed by atoms with Crippen LogP contribution in [0.5, 0.6) is 0 Å². The van der Waals surface area contributed by atoms with E-state index in [-0.39, 0.29) is 5.91 Å². The van der Waals surface area contributed by atoms with Gasteiger partial charge in [-0.05, 0) is 6.07 Å². The third-order valence-corrected chi connectivity index (χ3v) is 2.66. The smallest absolute Gasteiger partial charge is 0.229 e. The highest BCUT2D eigenvalue weighted by atomic mass is 16.7. The molecule has 1 N–H and O–H groups in total. The van der Waals surface area contributed by atoms with Crippen molar-refractivity contribution < 1.29 is 14.3 Å². The topological polar surface area (TPSA) is 60.5 Å². The average Bonchev–Trinajstić information content (AvgIpc) is 2.82. The number of amides is 1. The number of carbonyl (C=O) groups excluding carboxylic acids is 1. The maximum absolute atomic E-state index is 12.0. The Morgan fingerprint density at radius 3 is 2.67 bits per heavy atom. The van der Waals surface area contributed by atoms with E-state index in [4.69, 9.17) is 9.47 Å². The summed E-state index contributed by atoms with van der Waals surface area (Å²) in [6, 6.07) is 1.80. The molecule has 5 nitrogen and oxygen atoms in total. The molecule has 2 heterocycles. The van der Waals surface area contributed by atoms with Crippen LogP contribution < -0.4 is 5.32 Å². The van der Waals surface area contributed by atoms with Crippen LogP contribution in [0.4, 0.5) is 5.69 Å². The Morgan fingerprint density at radius 1 is 1.39 bits per heavy atom. The number of rotatable bonds is 2. The second-order valence-corrected chi connectivity index (χ2v) is 5.24. The summed E-state index contributed by atoms with van der Waals surface area (Å²) in [5.74, 6) is -0.0604. The fraction of sp³-hybridized carbons (Fsp3) is 0.538. The van der Waals surface area contributed by atoms with Gasteiger partial charge in [0.15, 0.2) is 6.29 Å². The minimum Gasteiger partial charge on any atom is -0.346 e. The molecule has 0 spiro atoms. The molecular formula is C13H18N2O3. The molecule has 0 atom stereocenters. The Labute approximate surface area is 107 Å². The monoisotopic (exact) mass is 250 g/mol. The molecule has 1 aromatic rings. The molecule has 5 heteroatoms. The van der Waals surface area contributed by atoms with Gasteiger partial charge in [-0.25, -0.2) is 0 Å². The number of anilines is 1. The first-order valence-corrected chi connectivity index (χ1v) is 5.97. The predicted octanol–water partition coefficient (Wildman–Crippen LogP) is 2.11. The van der Waals surface area contributed by atoms with Crippen molar-refractivity contribution >= 4 is 11.6 Å². The summed E-state index contributed by atoms with van der Waals surface area (Å²) in [4.78, 5) is 16.0. The summed E-state index contributed by atoms with van der Waals surface area (Å²) < 4.78 is 10.9. The summed E-state index contributed by atoms with van der Waals surface area (Å²) in [7, 11) is 0. The molecule has 98 valence electrons. The third kappa shape index (κ3) is 2.86. The first-order valence-electron chi connectivity index (χ1n) is 5.97. The number of hydrogen-bond acceptors (Lipinski definition) is 4. The fourth-order valence-corrected chi connectivity index (χ4v) is 1.56. The normalized spacial score (nSPS) is 16.8. The van der Waals surface area contributed by atoms with Crippen LogP contribution in [0.1, 0.15) is 32.6 Å². The summed E-state index contributed by atoms with van der Waals surface area (Å²) in [5, 5.41) is 2.87. The summed E-state index contributed by atoms with van der Waals surface area (Å²) in [6.07, 6.45) is 2.86.